The van der Waals surface area contributed by atoms with E-state index in [4.69, 9.17) is 21.1 Å². The summed E-state index contributed by atoms with van der Waals surface area (Å²) in [5.74, 6) is -5.76. The zero-order valence-corrected chi connectivity index (χ0v) is 16.1. The second-order valence-corrected chi connectivity index (χ2v) is 6.59. The number of carboxylic acid groups (broad SMARTS) is 2. The maximum Gasteiger partial charge on any atom is 0.328 e. The molecule has 29 heavy (non-hydrogen) atoms. The molecule has 0 aliphatic rings. The van der Waals surface area contributed by atoms with Gasteiger partial charge in [-0.1, -0.05) is 13.8 Å². The predicted octanol–water partition coefficient (Wildman–Crippen LogP) is -3.64. The monoisotopic (exact) mass is 420 g/mol. The van der Waals surface area contributed by atoms with Gasteiger partial charge < -0.3 is 42.1 Å². The fourth-order valence-corrected chi connectivity index (χ4v) is 2.12. The summed E-state index contributed by atoms with van der Waals surface area (Å²) in [5.41, 5.74) is 5.60. The van der Waals surface area contributed by atoms with Crippen LogP contribution in [0.25, 0.3) is 0 Å². The summed E-state index contributed by atoms with van der Waals surface area (Å²) in [6.07, 6.45) is -0.484. The number of aliphatic hydroxyl groups is 2. The first-order chi connectivity index (χ1) is 13.4. The molecule has 0 aliphatic heterocycles. The first-order valence-corrected chi connectivity index (χ1v) is 8.77. The van der Waals surface area contributed by atoms with Crippen molar-refractivity contribution < 1.29 is 44.4 Å². The molecule has 0 rings (SSSR count). The van der Waals surface area contributed by atoms with Crippen molar-refractivity contribution in [1.82, 2.24) is 16.0 Å². The molecule has 9 N–H and O–H groups in total. The van der Waals surface area contributed by atoms with Crippen molar-refractivity contribution in [3.63, 3.8) is 0 Å². The number of rotatable bonds is 13. The molecule has 4 unspecified atom stereocenters. The number of aliphatic carboxylic acids is 2. The zero-order chi connectivity index (χ0) is 22.7. The highest BCUT2D eigenvalue weighted by atomic mass is 16.4. The molecule has 13 heteroatoms. The molecular formula is C16H28N4O9. The summed E-state index contributed by atoms with van der Waals surface area (Å²) in [5, 5.41) is 42.2. The molecule has 13 nitrogen and oxygen atoms in total. The standard InChI is InChI=1S/C16H28N4O9/c1-7(2)12(20-13(25)8(17)3-4-11(23)24)15(27)18-9(5-21)14(26)19-10(6-22)16(28)29/h7-10,12,21-22H,3-6,17H2,1-2H3,(H,18,27)(H,19,26)(H,20,25)(H,23,24)(H,28,29). The van der Waals surface area contributed by atoms with E-state index in [1.54, 1.807) is 13.8 Å². The number of carbonyl (C=O) groups excluding carboxylic acids is 3. The topological polar surface area (TPSA) is 228 Å². The molecular weight excluding hydrogens is 392 g/mol. The Labute approximate surface area is 166 Å². The van der Waals surface area contributed by atoms with Gasteiger partial charge in [0.25, 0.3) is 0 Å². The molecule has 0 aromatic rings. The van der Waals surface area contributed by atoms with E-state index in [-0.39, 0.29) is 12.8 Å². The van der Waals surface area contributed by atoms with E-state index >= 15 is 0 Å². The van der Waals surface area contributed by atoms with Crippen molar-refractivity contribution in [3.05, 3.63) is 0 Å². The second kappa shape index (κ2) is 12.6. The van der Waals surface area contributed by atoms with E-state index in [9.17, 15) is 29.1 Å². The van der Waals surface area contributed by atoms with Crippen molar-refractivity contribution in [2.75, 3.05) is 13.2 Å². The molecule has 0 heterocycles. The maximum atomic E-state index is 12.5. The van der Waals surface area contributed by atoms with E-state index in [1.165, 1.54) is 0 Å². The van der Waals surface area contributed by atoms with E-state index in [1.807, 2.05) is 5.32 Å². The van der Waals surface area contributed by atoms with Gasteiger partial charge in [0.1, 0.15) is 18.1 Å². The van der Waals surface area contributed by atoms with Crippen molar-refractivity contribution in [1.29, 1.82) is 0 Å². The van der Waals surface area contributed by atoms with Crippen LogP contribution in [0.15, 0.2) is 0 Å². The van der Waals surface area contributed by atoms with Gasteiger partial charge in [-0.15, -0.1) is 0 Å². The van der Waals surface area contributed by atoms with Crippen LogP contribution in [0.1, 0.15) is 26.7 Å². The fourth-order valence-electron chi connectivity index (χ4n) is 2.12. The van der Waals surface area contributed by atoms with Crippen LogP contribution in [0.5, 0.6) is 0 Å². The lowest BCUT2D eigenvalue weighted by molar-refractivity contribution is -0.143. The van der Waals surface area contributed by atoms with Gasteiger partial charge in [-0.25, -0.2) is 4.79 Å². The number of nitrogens with two attached hydrogens (primary N) is 1. The Kier molecular flexibility index (Phi) is 11.4. The highest BCUT2D eigenvalue weighted by molar-refractivity contribution is 5.94. The van der Waals surface area contributed by atoms with E-state index in [0.717, 1.165) is 0 Å². The summed E-state index contributed by atoms with van der Waals surface area (Å²) < 4.78 is 0. The van der Waals surface area contributed by atoms with Gasteiger partial charge in [-0.05, 0) is 12.3 Å². The Bertz CT molecular complexity index is 611. The van der Waals surface area contributed by atoms with Crippen LogP contribution in [-0.2, 0) is 24.0 Å². The molecule has 4 atom stereocenters. The SMILES string of the molecule is CC(C)C(NC(=O)C(N)CCC(=O)O)C(=O)NC(CO)C(=O)NC(CO)C(=O)O. The van der Waals surface area contributed by atoms with Gasteiger partial charge in [-0.2, -0.15) is 0 Å². The average molecular weight is 420 g/mol. The number of aliphatic hydroxyl groups excluding tert-OH is 2. The van der Waals surface area contributed by atoms with Crippen molar-refractivity contribution in [2.45, 2.75) is 50.9 Å². The molecule has 3 amide bonds. The van der Waals surface area contributed by atoms with E-state index < -0.39 is 73.0 Å². The molecule has 0 radical (unpaired) electrons. The number of carboxylic acids is 2. The van der Waals surface area contributed by atoms with Crippen LogP contribution in [0.3, 0.4) is 0 Å². The average Bonchev–Trinajstić information content (AvgIpc) is 2.64. The number of carbonyl (C=O) groups is 5. The van der Waals surface area contributed by atoms with Crippen LogP contribution >= 0.6 is 0 Å². The third-order valence-electron chi connectivity index (χ3n) is 3.87. The minimum Gasteiger partial charge on any atom is -0.481 e. The minimum atomic E-state index is -1.62. The Morgan fingerprint density at radius 1 is 0.828 bits per heavy atom. The normalized spacial score (nSPS) is 15.0. The van der Waals surface area contributed by atoms with Gasteiger partial charge in [0.2, 0.25) is 17.7 Å². The second-order valence-electron chi connectivity index (χ2n) is 6.59. The summed E-state index contributed by atoms with van der Waals surface area (Å²) in [7, 11) is 0. The number of amides is 3. The Morgan fingerprint density at radius 3 is 1.76 bits per heavy atom. The molecule has 0 aromatic carbocycles. The molecule has 0 saturated heterocycles. The van der Waals surface area contributed by atoms with Crippen molar-refractivity contribution in [2.24, 2.45) is 11.7 Å². The van der Waals surface area contributed by atoms with Crippen LogP contribution in [-0.4, -0.2) is 87.5 Å². The summed E-state index contributed by atoms with van der Waals surface area (Å²) in [6.45, 7) is 1.42. The molecule has 0 fully saturated rings. The van der Waals surface area contributed by atoms with Crippen LogP contribution in [0.4, 0.5) is 0 Å². The smallest absolute Gasteiger partial charge is 0.328 e. The lowest BCUT2D eigenvalue weighted by Crippen LogP contribution is -2.59. The van der Waals surface area contributed by atoms with Crippen LogP contribution < -0.4 is 21.7 Å². The maximum absolute atomic E-state index is 12.5. The first kappa shape index (κ1) is 26.2. The van der Waals surface area contributed by atoms with Crippen LogP contribution in [0.2, 0.25) is 0 Å². The van der Waals surface area contributed by atoms with E-state index in [0.29, 0.717) is 0 Å². The molecule has 0 saturated carbocycles. The summed E-state index contributed by atoms with van der Waals surface area (Å²) >= 11 is 0. The van der Waals surface area contributed by atoms with Gasteiger partial charge in [-0.3, -0.25) is 19.2 Å². The molecule has 166 valence electrons. The van der Waals surface area contributed by atoms with E-state index in [2.05, 4.69) is 10.6 Å². The largest absolute Gasteiger partial charge is 0.481 e. The van der Waals surface area contributed by atoms with Crippen molar-refractivity contribution in [3.8, 4) is 0 Å². The first-order valence-electron chi connectivity index (χ1n) is 8.77. The molecule has 0 aromatic heterocycles. The van der Waals surface area contributed by atoms with Gasteiger partial charge in [0.15, 0.2) is 0 Å². The van der Waals surface area contributed by atoms with Crippen molar-refractivity contribution >= 4 is 29.7 Å². The van der Waals surface area contributed by atoms with Gasteiger partial charge in [0.05, 0.1) is 19.3 Å². The number of nitrogens with one attached hydrogen (secondary N) is 3. The zero-order valence-electron chi connectivity index (χ0n) is 16.1. The molecule has 0 bridgehead atoms. The summed E-state index contributed by atoms with van der Waals surface area (Å²) in [4.78, 5) is 58.0. The lowest BCUT2D eigenvalue weighted by atomic mass is 10.0. The molecule has 0 aliphatic carbocycles. The third-order valence-corrected chi connectivity index (χ3v) is 3.87. The predicted molar refractivity (Wildman–Crippen MR) is 97.3 cm³/mol. The number of hydrogen-bond acceptors (Lipinski definition) is 8. The van der Waals surface area contributed by atoms with Gasteiger partial charge >= 0.3 is 11.9 Å². The lowest BCUT2D eigenvalue weighted by Gasteiger charge is -2.26. The third kappa shape index (κ3) is 9.32. The van der Waals surface area contributed by atoms with Gasteiger partial charge in [0, 0.05) is 6.42 Å². The highest BCUT2D eigenvalue weighted by Gasteiger charge is 2.31. The quantitative estimate of drug-likeness (QED) is 0.146. The Balaban J connectivity index is 5.05. The molecule has 0 spiro atoms. The highest BCUT2D eigenvalue weighted by Crippen LogP contribution is 2.05. The van der Waals surface area contributed by atoms with Crippen LogP contribution in [0, 0.1) is 5.92 Å². The Morgan fingerprint density at radius 2 is 1.34 bits per heavy atom. The number of hydrogen-bond donors (Lipinski definition) is 8. The minimum absolute atomic E-state index is 0.146. The summed E-state index contributed by atoms with van der Waals surface area (Å²) in [6, 6.07) is -5.48. The fraction of sp³-hybridized carbons (Fsp3) is 0.688. The Hall–Kier alpha value is -2.77.